The van der Waals surface area contributed by atoms with Crippen molar-refractivity contribution in [1.82, 2.24) is 4.90 Å². The van der Waals surface area contributed by atoms with Crippen LogP contribution in [-0.4, -0.2) is 40.3 Å². The van der Waals surface area contributed by atoms with E-state index < -0.39 is 12.0 Å². The number of nitrogens with zero attached hydrogens (tertiary/aromatic N) is 1. The number of rotatable bonds is 6. The minimum Gasteiger partial charge on any atom is -0.480 e. The van der Waals surface area contributed by atoms with Crippen LogP contribution >= 0.6 is 0 Å². The Morgan fingerprint density at radius 1 is 1.18 bits per heavy atom. The van der Waals surface area contributed by atoms with Gasteiger partial charge in [0.05, 0.1) is 0 Å². The first-order chi connectivity index (χ1) is 10.5. The number of hydrogen-bond donors (Lipinski definition) is 1. The van der Waals surface area contributed by atoms with Gasteiger partial charge in [-0.3, -0.25) is 9.59 Å². The van der Waals surface area contributed by atoms with Crippen molar-refractivity contribution in [2.45, 2.75) is 45.1 Å². The molecule has 1 atom stereocenters. The highest BCUT2D eigenvalue weighted by atomic mass is 16.4. The first-order valence-electron chi connectivity index (χ1n) is 7.67. The van der Waals surface area contributed by atoms with Gasteiger partial charge in [0.2, 0.25) is 5.91 Å². The molecular weight excluding hydrogens is 282 g/mol. The summed E-state index contributed by atoms with van der Waals surface area (Å²) >= 11 is 0. The van der Waals surface area contributed by atoms with E-state index in [1.807, 2.05) is 19.1 Å². The smallest absolute Gasteiger partial charge is 0.326 e. The summed E-state index contributed by atoms with van der Waals surface area (Å²) in [5, 5.41) is 9.08. The van der Waals surface area contributed by atoms with Crippen molar-refractivity contribution in [3.63, 3.8) is 0 Å². The Hall–Kier alpha value is -2.17. The Balaban J connectivity index is 1.90. The average molecular weight is 303 g/mol. The van der Waals surface area contributed by atoms with Crippen LogP contribution in [0.2, 0.25) is 0 Å². The molecule has 1 heterocycles. The zero-order chi connectivity index (χ0) is 16.1. The summed E-state index contributed by atoms with van der Waals surface area (Å²) in [4.78, 5) is 36.7. The largest absolute Gasteiger partial charge is 0.480 e. The standard InChI is InChI=1S/C17H21NO4/c1-2-12-5-7-13(8-6-12)15(19)9-10-16(20)18-11-3-4-14(18)17(21)22/h5-8,14H,2-4,9-11H2,1H3,(H,21,22)/t14-/m1/s1. The van der Waals surface area contributed by atoms with Crippen LogP contribution in [0.3, 0.4) is 0 Å². The Bertz CT molecular complexity index is 565. The average Bonchev–Trinajstić information content (AvgIpc) is 3.02. The van der Waals surface area contributed by atoms with Gasteiger partial charge in [0.15, 0.2) is 5.78 Å². The molecule has 0 bridgehead atoms. The number of amides is 1. The Morgan fingerprint density at radius 2 is 1.86 bits per heavy atom. The summed E-state index contributed by atoms with van der Waals surface area (Å²) in [7, 11) is 0. The van der Waals surface area contributed by atoms with Gasteiger partial charge >= 0.3 is 5.97 Å². The van der Waals surface area contributed by atoms with E-state index in [1.54, 1.807) is 12.1 Å². The molecule has 0 spiro atoms. The lowest BCUT2D eigenvalue weighted by Crippen LogP contribution is -2.40. The Morgan fingerprint density at radius 3 is 2.45 bits per heavy atom. The number of carbonyl (C=O) groups excluding carboxylic acids is 2. The normalized spacial score (nSPS) is 17.5. The molecule has 1 aliphatic rings. The number of benzene rings is 1. The van der Waals surface area contributed by atoms with Crippen LogP contribution in [0.4, 0.5) is 0 Å². The summed E-state index contributed by atoms with van der Waals surface area (Å²) < 4.78 is 0. The second-order valence-corrected chi connectivity index (χ2v) is 5.56. The minimum absolute atomic E-state index is 0.0676. The van der Waals surface area contributed by atoms with Crippen LogP contribution < -0.4 is 0 Å². The van der Waals surface area contributed by atoms with Crippen molar-refractivity contribution in [2.75, 3.05) is 6.54 Å². The number of hydrogen-bond acceptors (Lipinski definition) is 3. The lowest BCUT2D eigenvalue weighted by Gasteiger charge is -2.21. The predicted molar refractivity (Wildman–Crippen MR) is 81.8 cm³/mol. The van der Waals surface area contributed by atoms with Gasteiger partial charge in [0.1, 0.15) is 6.04 Å². The van der Waals surface area contributed by atoms with Crippen LogP contribution in [0, 0.1) is 0 Å². The molecule has 1 aliphatic heterocycles. The third-order valence-electron chi connectivity index (χ3n) is 4.11. The molecule has 1 N–H and O–H groups in total. The molecule has 22 heavy (non-hydrogen) atoms. The van der Waals surface area contributed by atoms with E-state index in [9.17, 15) is 14.4 Å². The fourth-order valence-corrected chi connectivity index (χ4v) is 2.76. The monoisotopic (exact) mass is 303 g/mol. The molecule has 2 rings (SSSR count). The third-order valence-corrected chi connectivity index (χ3v) is 4.11. The fraction of sp³-hybridized carbons (Fsp3) is 0.471. The van der Waals surface area contributed by atoms with E-state index in [4.69, 9.17) is 5.11 Å². The predicted octanol–water partition coefficient (Wildman–Crippen LogP) is 2.29. The number of carboxylic acids is 1. The molecule has 0 aliphatic carbocycles. The van der Waals surface area contributed by atoms with E-state index >= 15 is 0 Å². The van der Waals surface area contributed by atoms with Gasteiger partial charge in [-0.15, -0.1) is 0 Å². The summed E-state index contributed by atoms with van der Waals surface area (Å²) in [6, 6.07) is 6.65. The molecule has 1 aromatic rings. The number of likely N-dealkylation sites (tertiary alicyclic amines) is 1. The first-order valence-corrected chi connectivity index (χ1v) is 7.67. The lowest BCUT2D eigenvalue weighted by atomic mass is 10.0. The van der Waals surface area contributed by atoms with Crippen molar-refractivity contribution in [3.8, 4) is 0 Å². The van der Waals surface area contributed by atoms with Gasteiger partial charge in [-0.2, -0.15) is 0 Å². The van der Waals surface area contributed by atoms with Gasteiger partial charge in [0, 0.05) is 24.9 Å². The van der Waals surface area contributed by atoms with Crippen LogP contribution in [0.15, 0.2) is 24.3 Å². The molecular formula is C17H21NO4. The molecule has 118 valence electrons. The number of carbonyl (C=O) groups is 3. The summed E-state index contributed by atoms with van der Waals surface area (Å²) in [6.07, 6.45) is 2.30. The van der Waals surface area contributed by atoms with Crippen LogP contribution in [0.25, 0.3) is 0 Å². The quantitative estimate of drug-likeness (QED) is 0.818. The molecule has 1 saturated heterocycles. The molecule has 0 aromatic heterocycles. The Labute approximate surface area is 129 Å². The van der Waals surface area contributed by atoms with Crippen molar-refractivity contribution in [1.29, 1.82) is 0 Å². The summed E-state index contributed by atoms with van der Waals surface area (Å²) in [6.45, 7) is 2.51. The van der Waals surface area contributed by atoms with E-state index in [2.05, 4.69) is 0 Å². The van der Waals surface area contributed by atoms with Gasteiger partial charge in [-0.25, -0.2) is 4.79 Å². The van der Waals surface area contributed by atoms with Crippen molar-refractivity contribution >= 4 is 17.7 Å². The maximum absolute atomic E-state index is 12.1. The van der Waals surface area contributed by atoms with Crippen LogP contribution in [0.5, 0.6) is 0 Å². The number of carboxylic acid groups (broad SMARTS) is 1. The van der Waals surface area contributed by atoms with E-state index in [-0.39, 0.29) is 24.5 Å². The highest BCUT2D eigenvalue weighted by Crippen LogP contribution is 2.19. The Kier molecular flexibility index (Phi) is 5.31. The topological polar surface area (TPSA) is 74.7 Å². The highest BCUT2D eigenvalue weighted by Gasteiger charge is 2.33. The second kappa shape index (κ2) is 7.20. The van der Waals surface area contributed by atoms with Crippen LogP contribution in [0.1, 0.15) is 48.5 Å². The van der Waals surface area contributed by atoms with Crippen LogP contribution in [-0.2, 0) is 16.0 Å². The number of aliphatic carboxylic acids is 1. The molecule has 5 nitrogen and oxygen atoms in total. The summed E-state index contributed by atoms with van der Waals surface area (Å²) in [5.74, 6) is -1.29. The molecule has 0 saturated carbocycles. The highest BCUT2D eigenvalue weighted by molar-refractivity contribution is 5.98. The zero-order valence-corrected chi connectivity index (χ0v) is 12.7. The van der Waals surface area contributed by atoms with E-state index in [0.29, 0.717) is 24.9 Å². The van der Waals surface area contributed by atoms with Gasteiger partial charge in [-0.1, -0.05) is 31.2 Å². The van der Waals surface area contributed by atoms with Gasteiger partial charge < -0.3 is 10.0 Å². The molecule has 1 aromatic carbocycles. The number of ketones is 1. The van der Waals surface area contributed by atoms with E-state index in [0.717, 1.165) is 12.0 Å². The SMILES string of the molecule is CCc1ccc(C(=O)CCC(=O)N2CCC[C@@H]2C(=O)O)cc1. The van der Waals surface area contributed by atoms with Gasteiger partial charge in [-0.05, 0) is 24.8 Å². The first kappa shape index (κ1) is 16.2. The van der Waals surface area contributed by atoms with Crippen molar-refractivity contribution in [3.05, 3.63) is 35.4 Å². The maximum atomic E-state index is 12.1. The molecule has 1 fully saturated rings. The maximum Gasteiger partial charge on any atom is 0.326 e. The fourth-order valence-electron chi connectivity index (χ4n) is 2.76. The summed E-state index contributed by atoms with van der Waals surface area (Å²) in [5.41, 5.74) is 1.76. The third kappa shape index (κ3) is 3.72. The number of aryl methyl sites for hydroxylation is 1. The van der Waals surface area contributed by atoms with Crippen molar-refractivity contribution < 1.29 is 19.5 Å². The molecule has 5 heteroatoms. The van der Waals surface area contributed by atoms with Gasteiger partial charge in [0.25, 0.3) is 0 Å². The second-order valence-electron chi connectivity index (χ2n) is 5.56. The molecule has 1 amide bonds. The van der Waals surface area contributed by atoms with Crippen molar-refractivity contribution in [2.24, 2.45) is 0 Å². The number of Topliss-reactive ketones (excluding diaryl/α,β-unsaturated/α-hetero) is 1. The van der Waals surface area contributed by atoms with E-state index in [1.165, 1.54) is 4.90 Å². The minimum atomic E-state index is -0.965. The molecule has 0 unspecified atom stereocenters. The zero-order valence-electron chi connectivity index (χ0n) is 12.7. The molecule has 0 radical (unpaired) electrons. The lowest BCUT2D eigenvalue weighted by molar-refractivity contribution is -0.148.